The van der Waals surface area contributed by atoms with E-state index >= 15 is 0 Å². The van der Waals surface area contributed by atoms with E-state index in [1.807, 2.05) is 80.6 Å². The second-order valence-corrected chi connectivity index (χ2v) is 11.5. The van der Waals surface area contributed by atoms with Crippen molar-refractivity contribution in [3.05, 3.63) is 119 Å². The first-order valence-corrected chi connectivity index (χ1v) is 14.8. The van der Waals surface area contributed by atoms with Crippen LogP contribution < -0.4 is 10.6 Å². The zero-order chi connectivity index (χ0) is 29.7. The third-order valence-corrected chi connectivity index (χ3v) is 7.89. The number of guanidine groups is 1. The lowest BCUT2D eigenvalue weighted by Crippen LogP contribution is -2.48. The van der Waals surface area contributed by atoms with Crippen molar-refractivity contribution in [1.82, 2.24) is 14.9 Å². The second-order valence-electron chi connectivity index (χ2n) is 11.1. The molecule has 0 saturated carbocycles. The fourth-order valence-electron chi connectivity index (χ4n) is 5.89. The summed E-state index contributed by atoms with van der Waals surface area (Å²) in [4.78, 5) is 16.2. The van der Waals surface area contributed by atoms with E-state index in [4.69, 9.17) is 17.2 Å². The lowest BCUT2D eigenvalue weighted by atomic mass is 9.72. The summed E-state index contributed by atoms with van der Waals surface area (Å²) >= 11 is 5.70. The van der Waals surface area contributed by atoms with Crippen molar-refractivity contribution in [2.45, 2.75) is 46.1 Å². The minimum Gasteiger partial charge on any atom is -0.380 e. The van der Waals surface area contributed by atoms with Crippen LogP contribution in [0.4, 0.5) is 11.6 Å². The van der Waals surface area contributed by atoms with Crippen LogP contribution in [0.15, 0.2) is 89.9 Å². The van der Waals surface area contributed by atoms with Gasteiger partial charge in [-0.3, -0.25) is 5.32 Å². The minimum atomic E-state index is -1.10. The molecular formula is C34H38N6OS. The number of aryl methyl sites for hydroxylation is 4. The van der Waals surface area contributed by atoms with E-state index < -0.39 is 5.60 Å². The molecule has 3 N–H and O–H groups in total. The van der Waals surface area contributed by atoms with Crippen LogP contribution in [0.3, 0.4) is 0 Å². The van der Waals surface area contributed by atoms with Crippen molar-refractivity contribution in [1.29, 1.82) is 0 Å². The van der Waals surface area contributed by atoms with Crippen LogP contribution in [-0.4, -0.2) is 44.1 Å². The lowest BCUT2D eigenvalue weighted by Gasteiger charge is -2.43. The summed E-state index contributed by atoms with van der Waals surface area (Å²) in [5.74, 6) is 1.08. The number of piperidine rings is 1. The Hall–Kier alpha value is -4.14. The van der Waals surface area contributed by atoms with E-state index in [-0.39, 0.29) is 5.92 Å². The molecule has 0 radical (unpaired) electrons. The highest BCUT2D eigenvalue weighted by atomic mass is 32.1. The number of nitrogens with one attached hydrogen (secondary N) is 2. The molecule has 1 fully saturated rings. The molecule has 216 valence electrons. The predicted octanol–water partition coefficient (Wildman–Crippen LogP) is 6.52. The van der Waals surface area contributed by atoms with Gasteiger partial charge in [0.25, 0.3) is 0 Å². The summed E-state index contributed by atoms with van der Waals surface area (Å²) in [5, 5.41) is 19.3. The molecule has 0 aliphatic carbocycles. The van der Waals surface area contributed by atoms with Gasteiger partial charge in [-0.15, -0.1) is 0 Å². The largest absolute Gasteiger partial charge is 0.380 e. The number of benzene rings is 3. The van der Waals surface area contributed by atoms with Gasteiger partial charge >= 0.3 is 0 Å². The molecule has 0 unspecified atom stereocenters. The van der Waals surface area contributed by atoms with Gasteiger partial charge in [0.2, 0.25) is 17.0 Å². The number of aliphatic hydroxyl groups is 1. The van der Waals surface area contributed by atoms with Crippen molar-refractivity contribution in [3.63, 3.8) is 0 Å². The molecule has 2 heterocycles. The van der Waals surface area contributed by atoms with Crippen molar-refractivity contribution in [2.24, 2.45) is 10.9 Å². The smallest absolute Gasteiger partial charge is 0.229 e. The van der Waals surface area contributed by atoms with Crippen LogP contribution in [0.5, 0.6) is 0 Å². The average molecular weight is 579 g/mol. The van der Waals surface area contributed by atoms with Gasteiger partial charge < -0.3 is 15.3 Å². The number of nitrogens with zero attached hydrogens (tertiary/aromatic N) is 4. The maximum atomic E-state index is 12.3. The molecule has 1 aliphatic rings. The van der Waals surface area contributed by atoms with E-state index in [2.05, 4.69) is 57.5 Å². The van der Waals surface area contributed by atoms with Crippen molar-refractivity contribution in [2.75, 3.05) is 23.7 Å². The fourth-order valence-corrected chi connectivity index (χ4v) is 6.09. The van der Waals surface area contributed by atoms with E-state index in [9.17, 15) is 5.11 Å². The third-order valence-electron chi connectivity index (χ3n) is 7.70. The maximum Gasteiger partial charge on any atom is 0.229 e. The quantitative estimate of drug-likeness (QED) is 0.141. The highest BCUT2D eigenvalue weighted by molar-refractivity contribution is 7.80. The van der Waals surface area contributed by atoms with Crippen LogP contribution in [0.2, 0.25) is 0 Å². The summed E-state index contributed by atoms with van der Waals surface area (Å²) in [5.41, 5.74) is 5.65. The molecule has 0 amide bonds. The first-order valence-electron chi connectivity index (χ1n) is 14.4. The standard InChI is InChI=1S/C34H38N6OS/c1-23-19-24(2)21-30(20-23)37-33(42)39-32(38-31-35-25(3)22-26(4)36-31)40-17-15-29(16-18-40)34(41,27-11-7-5-8-12-27)28-13-9-6-10-14-28/h5-14,19-22,29,41H,15-18H2,1-4H3,(H2,35,36,37,38,39,42). The Kier molecular flexibility index (Phi) is 8.94. The molecule has 7 nitrogen and oxygen atoms in total. The van der Waals surface area contributed by atoms with Crippen molar-refractivity contribution >= 4 is 34.9 Å². The highest BCUT2D eigenvalue weighted by Crippen LogP contribution is 2.42. The Balaban J connectivity index is 1.41. The summed E-state index contributed by atoms with van der Waals surface area (Å²) in [6, 6.07) is 28.1. The Morgan fingerprint density at radius 2 is 1.33 bits per heavy atom. The zero-order valence-corrected chi connectivity index (χ0v) is 25.4. The molecule has 1 aromatic heterocycles. The fraction of sp³-hybridized carbons (Fsp3) is 0.294. The number of thiocarbonyl (C=S) groups is 1. The van der Waals surface area contributed by atoms with E-state index in [0.717, 1.165) is 52.2 Å². The number of rotatable bonds is 5. The molecule has 8 heteroatoms. The topological polar surface area (TPSA) is 85.7 Å². The summed E-state index contributed by atoms with van der Waals surface area (Å²) in [7, 11) is 0. The monoisotopic (exact) mass is 578 g/mol. The van der Waals surface area contributed by atoms with Crippen molar-refractivity contribution in [3.8, 4) is 0 Å². The van der Waals surface area contributed by atoms with Gasteiger partial charge in [-0.1, -0.05) is 66.7 Å². The van der Waals surface area contributed by atoms with Gasteiger partial charge in [0.05, 0.1) is 0 Å². The molecule has 5 rings (SSSR count). The van der Waals surface area contributed by atoms with Gasteiger partial charge in [-0.05, 0) is 99.1 Å². The summed E-state index contributed by atoms with van der Waals surface area (Å²) in [6.07, 6.45) is 1.51. The van der Waals surface area contributed by atoms with Gasteiger partial charge in [-0.25, -0.2) is 9.97 Å². The lowest BCUT2D eigenvalue weighted by molar-refractivity contribution is -0.00653. The van der Waals surface area contributed by atoms with Crippen LogP contribution in [0.1, 0.15) is 46.5 Å². The number of likely N-dealkylation sites (tertiary alicyclic amines) is 1. The highest BCUT2D eigenvalue weighted by Gasteiger charge is 2.42. The van der Waals surface area contributed by atoms with Gasteiger partial charge in [0, 0.05) is 30.2 Å². The predicted molar refractivity (Wildman–Crippen MR) is 175 cm³/mol. The number of aromatic nitrogens is 2. The number of aliphatic imine (C=N–C) groups is 1. The number of anilines is 2. The average Bonchev–Trinajstić information content (AvgIpc) is 2.96. The Morgan fingerprint density at radius 3 is 1.86 bits per heavy atom. The molecule has 4 aromatic rings. The van der Waals surface area contributed by atoms with Crippen LogP contribution in [0.25, 0.3) is 0 Å². The van der Waals surface area contributed by atoms with E-state index in [1.54, 1.807) is 0 Å². The molecule has 3 aromatic carbocycles. The first kappa shape index (κ1) is 29.4. The molecule has 0 bridgehead atoms. The molecule has 0 atom stereocenters. The van der Waals surface area contributed by atoms with Gasteiger partial charge in [-0.2, -0.15) is 4.99 Å². The van der Waals surface area contributed by atoms with Gasteiger partial charge in [0.1, 0.15) is 5.60 Å². The van der Waals surface area contributed by atoms with Crippen molar-refractivity contribution < 1.29 is 5.11 Å². The molecule has 42 heavy (non-hydrogen) atoms. The summed E-state index contributed by atoms with van der Waals surface area (Å²) < 4.78 is 0. The Labute approximate surface area is 253 Å². The zero-order valence-electron chi connectivity index (χ0n) is 24.6. The van der Waals surface area contributed by atoms with Gasteiger partial charge in [0.15, 0.2) is 0 Å². The molecule has 1 saturated heterocycles. The van der Waals surface area contributed by atoms with Crippen LogP contribution in [-0.2, 0) is 5.60 Å². The van der Waals surface area contributed by atoms with E-state index in [1.165, 1.54) is 0 Å². The molecular weight excluding hydrogens is 540 g/mol. The number of hydrogen-bond donors (Lipinski definition) is 3. The third kappa shape index (κ3) is 6.83. The van der Waals surface area contributed by atoms with E-state index in [0.29, 0.717) is 30.1 Å². The second kappa shape index (κ2) is 12.8. The normalized spacial score (nSPS) is 14.5. The summed E-state index contributed by atoms with van der Waals surface area (Å²) in [6.45, 7) is 9.37. The minimum absolute atomic E-state index is 0.0117. The Morgan fingerprint density at radius 1 is 0.810 bits per heavy atom. The van der Waals surface area contributed by atoms with Crippen LogP contribution in [0, 0.1) is 33.6 Å². The SMILES string of the molecule is Cc1cc(C)cc(NC(=S)/N=C(/Nc2nc(C)cc(C)n2)N2CCC(C(O)(c3ccccc3)c3ccccc3)CC2)c1. The van der Waals surface area contributed by atoms with Crippen LogP contribution >= 0.6 is 12.2 Å². The maximum absolute atomic E-state index is 12.3. The number of hydrogen-bond acceptors (Lipinski definition) is 4. The Bertz CT molecular complexity index is 1490. The molecule has 1 aliphatic heterocycles. The first-order chi connectivity index (χ1) is 20.2. The molecule has 0 spiro atoms.